The first-order valence-corrected chi connectivity index (χ1v) is 4.72. The molecule has 1 aliphatic heterocycles. The monoisotopic (exact) mass is 144 g/mol. The summed E-state index contributed by atoms with van der Waals surface area (Å²) in [5, 5.41) is 3.27. The van der Waals surface area contributed by atoms with Crippen molar-refractivity contribution in [1.82, 2.24) is 5.32 Å². The van der Waals surface area contributed by atoms with Crippen molar-refractivity contribution in [1.29, 1.82) is 0 Å². The van der Waals surface area contributed by atoms with E-state index in [1.165, 1.54) is 38.0 Å². The maximum atomic E-state index is 3.27. The maximum absolute atomic E-state index is 3.27. The third kappa shape index (κ3) is 3.82. The molecule has 0 spiro atoms. The predicted molar refractivity (Wildman–Crippen MR) is 43.2 cm³/mol. The molecule has 0 atom stereocenters. The Hall–Kier alpha value is 0.310. The molecule has 0 aromatic heterocycles. The lowest BCUT2D eigenvalue weighted by atomic mass is 10.2. The summed E-state index contributed by atoms with van der Waals surface area (Å²) in [5.41, 5.74) is 0. The molecule has 0 amide bonds. The molecule has 1 heterocycles. The van der Waals surface area contributed by atoms with Gasteiger partial charge in [-0.1, -0.05) is 12.8 Å². The van der Waals surface area contributed by atoms with Crippen LogP contribution in [0.25, 0.3) is 0 Å². The molecule has 0 aromatic carbocycles. The molecule has 1 N–H and O–H groups in total. The van der Waals surface area contributed by atoms with Crippen molar-refractivity contribution in [2.45, 2.75) is 25.7 Å². The van der Waals surface area contributed by atoms with Gasteiger partial charge in [0.25, 0.3) is 0 Å². The lowest BCUT2D eigenvalue weighted by Gasteiger charge is -1.97. The van der Waals surface area contributed by atoms with Crippen molar-refractivity contribution in [2.24, 2.45) is 0 Å². The highest BCUT2D eigenvalue weighted by atomic mass is 32.2. The van der Waals surface area contributed by atoms with Crippen LogP contribution >= 0.6 is 11.8 Å². The van der Waals surface area contributed by atoms with Gasteiger partial charge < -0.3 is 5.32 Å². The van der Waals surface area contributed by atoms with Gasteiger partial charge in [0.05, 0.1) is 5.88 Å². The summed E-state index contributed by atoms with van der Waals surface area (Å²) in [6.07, 6.45) is 5.56. The zero-order valence-electron chi connectivity index (χ0n) is 5.73. The van der Waals surface area contributed by atoms with Crippen molar-refractivity contribution < 1.29 is 0 Å². The van der Waals surface area contributed by atoms with Gasteiger partial charge in [-0.15, -0.1) is 11.8 Å². The van der Waals surface area contributed by atoms with Crippen LogP contribution in [-0.2, 0) is 0 Å². The van der Waals surface area contributed by atoms with E-state index in [2.05, 4.69) is 11.2 Å². The summed E-state index contributed by atoms with van der Waals surface area (Å²) in [7, 11) is 0. The smallest absolute Gasteiger partial charge is 0.0782 e. The van der Waals surface area contributed by atoms with Gasteiger partial charge in [0, 0.05) is 0 Å². The van der Waals surface area contributed by atoms with Crippen LogP contribution < -0.4 is 5.32 Å². The average molecular weight is 144 g/mol. The zero-order valence-corrected chi connectivity index (χ0v) is 6.54. The van der Waals surface area contributed by atoms with Gasteiger partial charge >= 0.3 is 0 Å². The van der Waals surface area contributed by atoms with Crippen LogP contribution in [0.3, 0.4) is 0 Å². The number of hydrogen-bond donors (Lipinski definition) is 1. The lowest BCUT2D eigenvalue weighted by Crippen LogP contribution is -2.08. The summed E-state index contributed by atoms with van der Waals surface area (Å²) in [4.78, 5) is 0. The van der Waals surface area contributed by atoms with Gasteiger partial charge in [-0.25, -0.2) is 0 Å². The molecule has 1 saturated heterocycles. The van der Waals surface area contributed by atoms with Gasteiger partial charge in [-0.05, 0) is 25.1 Å². The van der Waals surface area contributed by atoms with Gasteiger partial charge in [0.2, 0.25) is 0 Å². The van der Waals surface area contributed by atoms with E-state index in [0.717, 1.165) is 0 Å². The first-order valence-electron chi connectivity index (χ1n) is 3.67. The number of thioether (sulfide) groups is 1. The fourth-order valence-electron chi connectivity index (χ4n) is 0.943. The average Bonchev–Trinajstić information content (AvgIpc) is 2.00. The molecule has 1 fully saturated rings. The first kappa shape index (κ1) is 7.42. The Balaban J connectivity index is 2.02. The quantitative estimate of drug-likeness (QED) is 0.558. The molecule has 0 aromatic rings. The van der Waals surface area contributed by atoms with E-state index < -0.39 is 0 Å². The van der Waals surface area contributed by atoms with E-state index in [1.807, 2.05) is 11.8 Å². The van der Waals surface area contributed by atoms with Crippen LogP contribution in [0.15, 0.2) is 0 Å². The summed E-state index contributed by atoms with van der Waals surface area (Å²) in [6, 6.07) is 0. The van der Waals surface area contributed by atoms with E-state index in [-0.39, 0.29) is 0 Å². The number of hydrogen-bond acceptors (Lipinski definition) is 2. The summed E-state index contributed by atoms with van der Waals surface area (Å²) >= 11 is 1.91. The normalized spacial score (nSPS) is 24.0. The largest absolute Gasteiger partial charge is 0.303 e. The fourth-order valence-corrected chi connectivity index (χ4v) is 1.67. The molecule has 2 heteroatoms. The fraction of sp³-hybridized carbons (Fsp3) is 0.857. The maximum Gasteiger partial charge on any atom is 0.0782 e. The molecule has 1 nitrogen and oxygen atoms in total. The Morgan fingerprint density at radius 2 is 2.00 bits per heavy atom. The Bertz CT molecular complexity index is 37.4. The van der Waals surface area contributed by atoms with Gasteiger partial charge in [0.1, 0.15) is 0 Å². The second-order valence-electron chi connectivity index (χ2n) is 2.36. The highest BCUT2D eigenvalue weighted by molar-refractivity contribution is 8.01. The molecule has 1 rings (SSSR count). The minimum atomic E-state index is 1.17. The molecular weight excluding hydrogens is 130 g/mol. The van der Waals surface area contributed by atoms with E-state index in [0.29, 0.717) is 0 Å². The van der Waals surface area contributed by atoms with Gasteiger partial charge in [0.15, 0.2) is 0 Å². The SMILES string of the molecule is [CH]1NCCCCCCS1. The molecule has 0 aliphatic carbocycles. The zero-order chi connectivity index (χ0) is 6.36. The Labute approximate surface area is 61.6 Å². The summed E-state index contributed by atoms with van der Waals surface area (Å²) < 4.78 is 0. The van der Waals surface area contributed by atoms with Crippen LogP contribution in [0.2, 0.25) is 0 Å². The molecule has 0 unspecified atom stereocenters. The first-order chi connectivity index (χ1) is 4.50. The highest BCUT2D eigenvalue weighted by Gasteiger charge is 1.95. The van der Waals surface area contributed by atoms with E-state index in [1.54, 1.807) is 0 Å². The third-order valence-corrected chi connectivity index (χ3v) is 2.36. The molecule has 1 radical (unpaired) electrons. The minimum Gasteiger partial charge on any atom is -0.303 e. The lowest BCUT2D eigenvalue weighted by molar-refractivity contribution is 0.651. The Kier molecular flexibility index (Phi) is 4.22. The van der Waals surface area contributed by atoms with Crippen molar-refractivity contribution in [3.05, 3.63) is 5.88 Å². The Morgan fingerprint density at radius 3 is 3.00 bits per heavy atom. The third-order valence-electron chi connectivity index (χ3n) is 1.50. The van der Waals surface area contributed by atoms with Crippen molar-refractivity contribution >= 4 is 11.8 Å². The number of rotatable bonds is 0. The molecule has 0 bridgehead atoms. The van der Waals surface area contributed by atoms with Crippen LogP contribution in [-0.4, -0.2) is 12.3 Å². The predicted octanol–water partition coefficient (Wildman–Crippen LogP) is 2.00. The second kappa shape index (κ2) is 5.12. The Morgan fingerprint density at radius 1 is 1.11 bits per heavy atom. The van der Waals surface area contributed by atoms with Crippen LogP contribution in [0.5, 0.6) is 0 Å². The standard InChI is InChI=1S/C7H14NS/c1-2-4-6-9-7-8-5-3-1/h7-8H,1-6H2. The topological polar surface area (TPSA) is 12.0 Å². The molecule has 0 saturated carbocycles. The second-order valence-corrected chi connectivity index (χ2v) is 3.33. The molecular formula is C7H14NS. The number of nitrogens with one attached hydrogen (secondary N) is 1. The molecule has 1 aliphatic rings. The van der Waals surface area contributed by atoms with Crippen LogP contribution in [0.4, 0.5) is 0 Å². The highest BCUT2D eigenvalue weighted by Crippen LogP contribution is 2.10. The van der Waals surface area contributed by atoms with Crippen molar-refractivity contribution in [2.75, 3.05) is 12.3 Å². The van der Waals surface area contributed by atoms with Gasteiger partial charge in [-0.2, -0.15) is 0 Å². The molecule has 53 valence electrons. The minimum absolute atomic E-state index is 1.17. The van der Waals surface area contributed by atoms with Crippen LogP contribution in [0, 0.1) is 5.88 Å². The molecule has 9 heavy (non-hydrogen) atoms. The summed E-state index contributed by atoms with van der Waals surface area (Å²) in [6.45, 7) is 1.17. The van der Waals surface area contributed by atoms with E-state index in [4.69, 9.17) is 0 Å². The van der Waals surface area contributed by atoms with Crippen molar-refractivity contribution in [3.8, 4) is 0 Å². The summed E-state index contributed by atoms with van der Waals surface area (Å²) in [5.74, 6) is 3.43. The van der Waals surface area contributed by atoms with E-state index in [9.17, 15) is 0 Å². The van der Waals surface area contributed by atoms with Crippen molar-refractivity contribution in [3.63, 3.8) is 0 Å². The van der Waals surface area contributed by atoms with Gasteiger partial charge in [-0.3, -0.25) is 0 Å². The van der Waals surface area contributed by atoms with E-state index >= 15 is 0 Å². The van der Waals surface area contributed by atoms with Crippen LogP contribution in [0.1, 0.15) is 25.7 Å².